The van der Waals surface area contributed by atoms with Crippen molar-refractivity contribution in [2.75, 3.05) is 6.79 Å². The highest BCUT2D eigenvalue weighted by molar-refractivity contribution is 7.98. The van der Waals surface area contributed by atoms with Gasteiger partial charge in [-0.05, 0) is 47.7 Å². The summed E-state index contributed by atoms with van der Waals surface area (Å²) in [5.74, 6) is 1.58. The van der Waals surface area contributed by atoms with E-state index in [1.165, 1.54) is 39.8 Å². The second kappa shape index (κ2) is 11.3. The van der Waals surface area contributed by atoms with E-state index in [9.17, 15) is 14.4 Å². The molecule has 4 aromatic heterocycles. The van der Waals surface area contributed by atoms with Crippen molar-refractivity contribution in [1.29, 1.82) is 0 Å². The minimum atomic E-state index is -0.242. The van der Waals surface area contributed by atoms with Gasteiger partial charge in [-0.3, -0.25) is 23.4 Å². The summed E-state index contributed by atoms with van der Waals surface area (Å²) in [4.78, 5) is 47.6. The molecule has 0 bridgehead atoms. The van der Waals surface area contributed by atoms with E-state index in [-0.39, 0.29) is 30.2 Å². The molecule has 0 radical (unpaired) electrons. The van der Waals surface area contributed by atoms with Gasteiger partial charge in [-0.25, -0.2) is 9.97 Å². The van der Waals surface area contributed by atoms with Crippen molar-refractivity contribution >= 4 is 56.5 Å². The van der Waals surface area contributed by atoms with E-state index in [1.54, 1.807) is 16.7 Å². The molecule has 40 heavy (non-hydrogen) atoms. The lowest BCUT2D eigenvalue weighted by Gasteiger charge is -2.12. The van der Waals surface area contributed by atoms with Crippen molar-refractivity contribution in [2.24, 2.45) is 0 Å². The Morgan fingerprint density at radius 1 is 1.10 bits per heavy atom. The number of hydrogen-bond acceptors (Lipinski definition) is 9. The fourth-order valence-corrected chi connectivity index (χ4v) is 6.16. The summed E-state index contributed by atoms with van der Waals surface area (Å²) in [6.07, 6.45) is 2.22. The number of rotatable bonds is 9. The molecular formula is C27H22ClN5O5S2. The van der Waals surface area contributed by atoms with Crippen LogP contribution in [0.15, 0.2) is 68.8 Å². The van der Waals surface area contributed by atoms with Crippen LogP contribution in [0.5, 0.6) is 11.5 Å². The average molecular weight is 596 g/mol. The third kappa shape index (κ3) is 5.55. The Hall–Kier alpha value is -3.87. The maximum atomic E-state index is 13.3. The minimum Gasteiger partial charge on any atom is -0.454 e. The third-order valence-corrected chi connectivity index (χ3v) is 8.39. The molecule has 13 heteroatoms. The zero-order chi connectivity index (χ0) is 27.6. The van der Waals surface area contributed by atoms with Crippen LogP contribution in [0.25, 0.3) is 15.9 Å². The molecule has 0 saturated carbocycles. The molecule has 1 amide bonds. The van der Waals surface area contributed by atoms with Gasteiger partial charge < -0.3 is 14.8 Å². The van der Waals surface area contributed by atoms with Gasteiger partial charge in [-0.2, -0.15) is 0 Å². The number of thioether (sulfide) groups is 1. The Morgan fingerprint density at radius 2 is 1.98 bits per heavy atom. The Bertz CT molecular complexity index is 1870. The smallest absolute Gasteiger partial charge is 0.272 e. The number of nitrogens with one attached hydrogen (secondary N) is 1. The van der Waals surface area contributed by atoms with Crippen LogP contribution in [0.4, 0.5) is 0 Å². The standard InChI is InChI=1S/C27H22ClN5O5S2/c28-17-4-6-22-30-18(11-24(35)33(22)13-17)14-40-27-31-19-7-9-39-25(19)26(36)32(27)8-1-2-23(34)29-12-16-3-5-20-21(10-16)38-15-37-20/h3-7,9-11,13H,1-2,8,12,14-15H2,(H,29,34). The number of nitrogens with zero attached hydrogens (tertiary/aromatic N) is 4. The van der Waals surface area contributed by atoms with Crippen molar-refractivity contribution < 1.29 is 14.3 Å². The number of aromatic nitrogens is 4. The largest absolute Gasteiger partial charge is 0.454 e. The van der Waals surface area contributed by atoms with Gasteiger partial charge in [0.2, 0.25) is 12.7 Å². The maximum absolute atomic E-state index is 13.3. The first-order chi connectivity index (χ1) is 19.4. The maximum Gasteiger partial charge on any atom is 0.272 e. The number of carbonyl (C=O) groups is 1. The van der Waals surface area contributed by atoms with Crippen LogP contribution in [-0.4, -0.2) is 31.6 Å². The lowest BCUT2D eigenvalue weighted by atomic mass is 10.2. The number of fused-ring (bicyclic) bond motifs is 3. The van der Waals surface area contributed by atoms with Crippen molar-refractivity contribution in [1.82, 2.24) is 24.3 Å². The Labute approximate surface area is 240 Å². The van der Waals surface area contributed by atoms with E-state index < -0.39 is 0 Å². The van der Waals surface area contributed by atoms with Gasteiger partial charge in [0.1, 0.15) is 10.3 Å². The highest BCUT2D eigenvalue weighted by Gasteiger charge is 2.16. The topological polar surface area (TPSA) is 117 Å². The van der Waals surface area contributed by atoms with Crippen molar-refractivity contribution in [2.45, 2.75) is 36.8 Å². The number of ether oxygens (including phenoxy) is 2. The Balaban J connectivity index is 1.13. The van der Waals surface area contributed by atoms with Gasteiger partial charge in [0, 0.05) is 37.5 Å². The Morgan fingerprint density at radius 3 is 2.88 bits per heavy atom. The molecule has 0 spiro atoms. The number of amides is 1. The third-order valence-electron chi connectivity index (χ3n) is 6.27. The summed E-state index contributed by atoms with van der Waals surface area (Å²) in [6.45, 7) is 0.889. The summed E-state index contributed by atoms with van der Waals surface area (Å²) < 4.78 is 14.3. The summed E-state index contributed by atoms with van der Waals surface area (Å²) >= 11 is 8.67. The molecule has 1 aliphatic heterocycles. The molecule has 6 rings (SSSR count). The Kier molecular flexibility index (Phi) is 7.46. The zero-order valence-electron chi connectivity index (χ0n) is 21.0. The number of benzene rings is 1. The summed E-state index contributed by atoms with van der Waals surface area (Å²) in [5, 5.41) is 5.69. The molecular weight excluding hydrogens is 574 g/mol. The molecule has 1 aliphatic rings. The van der Waals surface area contributed by atoms with E-state index >= 15 is 0 Å². The fourth-order valence-electron chi connectivity index (χ4n) is 4.31. The van der Waals surface area contributed by atoms with Crippen LogP contribution in [0.1, 0.15) is 24.1 Å². The summed E-state index contributed by atoms with van der Waals surface area (Å²) in [5.41, 5.74) is 2.18. The number of halogens is 1. The van der Waals surface area contributed by atoms with Crippen LogP contribution in [0, 0.1) is 0 Å². The lowest BCUT2D eigenvalue weighted by molar-refractivity contribution is -0.121. The molecule has 1 N–H and O–H groups in total. The van der Waals surface area contributed by atoms with E-state index in [4.69, 9.17) is 26.1 Å². The highest BCUT2D eigenvalue weighted by Crippen LogP contribution is 2.32. The fraction of sp³-hybridized carbons (Fsp3) is 0.222. The second-order valence-electron chi connectivity index (χ2n) is 9.00. The van der Waals surface area contributed by atoms with Gasteiger partial charge in [0.25, 0.3) is 11.1 Å². The molecule has 10 nitrogen and oxygen atoms in total. The average Bonchev–Trinajstić information content (AvgIpc) is 3.62. The number of pyridine rings is 1. The van der Waals surface area contributed by atoms with Gasteiger partial charge in [-0.15, -0.1) is 11.3 Å². The molecule has 0 atom stereocenters. The van der Waals surface area contributed by atoms with E-state index in [0.717, 1.165) is 5.56 Å². The molecule has 204 valence electrons. The number of hydrogen-bond donors (Lipinski definition) is 1. The van der Waals surface area contributed by atoms with Gasteiger partial charge in [-0.1, -0.05) is 29.4 Å². The van der Waals surface area contributed by atoms with Gasteiger partial charge >= 0.3 is 0 Å². The predicted molar refractivity (Wildman–Crippen MR) is 154 cm³/mol. The number of thiophene rings is 1. The molecule has 0 unspecified atom stereocenters. The predicted octanol–water partition coefficient (Wildman–Crippen LogP) is 4.24. The lowest BCUT2D eigenvalue weighted by Crippen LogP contribution is -2.25. The van der Waals surface area contributed by atoms with Crippen LogP contribution < -0.4 is 25.9 Å². The zero-order valence-corrected chi connectivity index (χ0v) is 23.4. The minimum absolute atomic E-state index is 0.119. The van der Waals surface area contributed by atoms with E-state index in [1.807, 2.05) is 29.6 Å². The molecule has 5 heterocycles. The number of carbonyl (C=O) groups excluding carboxylic acids is 1. The van der Waals surface area contributed by atoms with Gasteiger partial charge in [0.05, 0.1) is 16.2 Å². The monoisotopic (exact) mass is 595 g/mol. The summed E-state index contributed by atoms with van der Waals surface area (Å²) in [7, 11) is 0. The first-order valence-electron chi connectivity index (χ1n) is 12.4. The summed E-state index contributed by atoms with van der Waals surface area (Å²) in [6, 6.07) is 12.2. The van der Waals surface area contributed by atoms with Gasteiger partial charge in [0.15, 0.2) is 16.7 Å². The van der Waals surface area contributed by atoms with Crippen molar-refractivity contribution in [3.05, 3.63) is 91.0 Å². The molecule has 5 aromatic rings. The van der Waals surface area contributed by atoms with Crippen LogP contribution in [-0.2, 0) is 23.6 Å². The van der Waals surface area contributed by atoms with Crippen molar-refractivity contribution in [3.8, 4) is 11.5 Å². The highest BCUT2D eigenvalue weighted by atomic mass is 35.5. The molecule has 0 saturated heterocycles. The van der Waals surface area contributed by atoms with Crippen LogP contribution in [0.3, 0.4) is 0 Å². The first kappa shape index (κ1) is 26.4. The first-order valence-corrected chi connectivity index (χ1v) is 14.6. The molecule has 0 aliphatic carbocycles. The van der Waals surface area contributed by atoms with Crippen molar-refractivity contribution in [3.63, 3.8) is 0 Å². The molecule has 0 fully saturated rings. The SMILES string of the molecule is O=C(CCCn1c(SCc2cc(=O)n3cc(Cl)ccc3n2)nc2ccsc2c1=O)NCc1ccc2c(c1)OCO2. The van der Waals surface area contributed by atoms with E-state index in [0.29, 0.717) is 68.5 Å². The second-order valence-corrected chi connectivity index (χ2v) is 11.3. The van der Waals surface area contributed by atoms with Crippen LogP contribution >= 0.6 is 34.7 Å². The quantitative estimate of drug-likeness (QED) is 0.199. The van der Waals surface area contributed by atoms with E-state index in [2.05, 4.69) is 10.3 Å². The normalized spacial score (nSPS) is 12.3. The molecule has 1 aromatic carbocycles. The van der Waals surface area contributed by atoms with Crippen LogP contribution in [0.2, 0.25) is 5.02 Å².